The second-order valence-electron chi connectivity index (χ2n) is 5.44. The number of morpholine rings is 1. The van der Waals surface area contributed by atoms with Gasteiger partial charge in [-0.3, -0.25) is 9.69 Å². The predicted molar refractivity (Wildman–Crippen MR) is 100 cm³/mol. The van der Waals surface area contributed by atoms with E-state index in [2.05, 4.69) is 20.5 Å². The van der Waals surface area contributed by atoms with Crippen LogP contribution in [0.2, 0.25) is 0 Å². The van der Waals surface area contributed by atoms with Crippen molar-refractivity contribution in [3.63, 3.8) is 0 Å². The molecule has 2 N–H and O–H groups in total. The highest BCUT2D eigenvalue weighted by Crippen LogP contribution is 2.15. The Morgan fingerprint density at radius 3 is 2.48 bits per heavy atom. The van der Waals surface area contributed by atoms with Crippen LogP contribution in [-0.2, 0) is 9.53 Å². The fraction of sp³-hybridized carbons (Fsp3) is 0.857. The molecule has 1 aliphatic rings. The number of guanidine groups is 1. The van der Waals surface area contributed by atoms with Crippen molar-refractivity contribution in [2.24, 2.45) is 4.99 Å². The average molecular weight is 481 g/mol. The van der Waals surface area contributed by atoms with Gasteiger partial charge in [-0.15, -0.1) is 24.0 Å². The summed E-state index contributed by atoms with van der Waals surface area (Å²) in [6.45, 7) is 5.46. The summed E-state index contributed by atoms with van der Waals surface area (Å²) in [7, 11) is 1.12. The van der Waals surface area contributed by atoms with E-state index in [9.17, 15) is 18.0 Å². The molecule has 0 aromatic heterocycles. The zero-order valence-electron chi connectivity index (χ0n) is 14.6. The molecule has 1 amide bonds. The van der Waals surface area contributed by atoms with Gasteiger partial charge in [0.25, 0.3) is 0 Å². The van der Waals surface area contributed by atoms with Crippen LogP contribution < -0.4 is 10.6 Å². The molecule has 1 saturated heterocycles. The lowest BCUT2D eigenvalue weighted by Gasteiger charge is -2.26. The fourth-order valence-electron chi connectivity index (χ4n) is 2.12. The largest absolute Gasteiger partial charge is 0.406 e. The summed E-state index contributed by atoms with van der Waals surface area (Å²) in [5, 5.41) is 6.04. The number of amides is 1. The van der Waals surface area contributed by atoms with Crippen molar-refractivity contribution in [3.05, 3.63) is 0 Å². The average Bonchev–Trinajstić information content (AvgIpc) is 2.51. The van der Waals surface area contributed by atoms with Crippen molar-refractivity contribution >= 4 is 35.8 Å². The SMILES string of the molecule is CCNC(=NCC(=O)N(C)CC(F)(F)F)NCCN1CCOCC1.I. The summed E-state index contributed by atoms with van der Waals surface area (Å²) in [5.74, 6) is -0.266. The molecule has 0 aromatic carbocycles. The lowest BCUT2D eigenvalue weighted by atomic mass is 10.4. The van der Waals surface area contributed by atoms with Crippen molar-refractivity contribution in [1.82, 2.24) is 20.4 Å². The molecule has 1 aliphatic heterocycles. The molecule has 148 valence electrons. The van der Waals surface area contributed by atoms with Gasteiger partial charge in [0.1, 0.15) is 13.1 Å². The number of hydrogen-bond donors (Lipinski definition) is 2. The van der Waals surface area contributed by atoms with E-state index in [4.69, 9.17) is 4.74 Å². The van der Waals surface area contributed by atoms with Crippen LogP contribution in [0.3, 0.4) is 0 Å². The van der Waals surface area contributed by atoms with E-state index in [1.54, 1.807) is 0 Å². The first kappa shape index (κ1) is 24.2. The Morgan fingerprint density at radius 2 is 1.92 bits per heavy atom. The monoisotopic (exact) mass is 481 g/mol. The van der Waals surface area contributed by atoms with Crippen molar-refractivity contribution in [1.29, 1.82) is 0 Å². The third-order valence-electron chi connectivity index (χ3n) is 3.38. The Kier molecular flexibility index (Phi) is 12.1. The van der Waals surface area contributed by atoms with E-state index < -0.39 is 18.6 Å². The Balaban J connectivity index is 0.00000576. The van der Waals surface area contributed by atoms with Crippen molar-refractivity contribution in [3.8, 4) is 0 Å². The van der Waals surface area contributed by atoms with Gasteiger partial charge in [-0.1, -0.05) is 0 Å². The molecule has 7 nitrogen and oxygen atoms in total. The molecule has 1 rings (SSSR count). The van der Waals surface area contributed by atoms with Gasteiger partial charge in [-0.25, -0.2) is 4.99 Å². The molecular weight excluding hydrogens is 454 g/mol. The van der Waals surface area contributed by atoms with Gasteiger partial charge >= 0.3 is 6.18 Å². The summed E-state index contributed by atoms with van der Waals surface area (Å²) in [4.78, 5) is 18.6. The zero-order valence-corrected chi connectivity index (χ0v) is 16.9. The van der Waals surface area contributed by atoms with E-state index in [-0.39, 0.29) is 30.5 Å². The Morgan fingerprint density at radius 1 is 1.28 bits per heavy atom. The smallest absolute Gasteiger partial charge is 0.379 e. The molecule has 0 unspecified atom stereocenters. The van der Waals surface area contributed by atoms with Crippen molar-refractivity contribution in [2.75, 3.05) is 66.1 Å². The molecule has 0 radical (unpaired) electrons. The number of alkyl halides is 3. The normalized spacial score (nSPS) is 16.1. The summed E-state index contributed by atoms with van der Waals surface area (Å²) in [6.07, 6.45) is -4.41. The van der Waals surface area contributed by atoms with Crippen molar-refractivity contribution < 1.29 is 22.7 Å². The molecule has 0 aliphatic carbocycles. The van der Waals surface area contributed by atoms with Gasteiger partial charge in [-0.2, -0.15) is 13.2 Å². The molecule has 0 bridgehead atoms. The minimum atomic E-state index is -4.41. The number of ether oxygens (including phenoxy) is 1. The van der Waals surface area contributed by atoms with E-state index in [1.165, 1.54) is 0 Å². The van der Waals surface area contributed by atoms with Gasteiger partial charge in [0.2, 0.25) is 5.91 Å². The third-order valence-corrected chi connectivity index (χ3v) is 3.38. The zero-order chi connectivity index (χ0) is 18.0. The Bertz CT molecular complexity index is 418. The first-order valence-electron chi connectivity index (χ1n) is 7.95. The highest BCUT2D eigenvalue weighted by molar-refractivity contribution is 14.0. The first-order chi connectivity index (χ1) is 11.3. The number of hydrogen-bond acceptors (Lipinski definition) is 4. The number of halogens is 4. The second-order valence-corrected chi connectivity index (χ2v) is 5.44. The first-order valence-corrected chi connectivity index (χ1v) is 7.95. The van der Waals surface area contributed by atoms with Crippen LogP contribution in [0.1, 0.15) is 6.92 Å². The molecule has 25 heavy (non-hydrogen) atoms. The highest BCUT2D eigenvalue weighted by atomic mass is 127. The molecule has 0 aromatic rings. The number of nitrogens with zero attached hydrogens (tertiary/aromatic N) is 3. The van der Waals surface area contributed by atoms with E-state index in [0.717, 1.165) is 26.7 Å². The van der Waals surface area contributed by atoms with Crippen LogP contribution in [0, 0.1) is 0 Å². The van der Waals surface area contributed by atoms with Gasteiger partial charge in [0.05, 0.1) is 13.2 Å². The molecular formula is C14H27F3IN5O2. The minimum absolute atomic E-state index is 0. The number of carbonyl (C=O) groups excluding carboxylic acids is 1. The highest BCUT2D eigenvalue weighted by Gasteiger charge is 2.31. The van der Waals surface area contributed by atoms with Gasteiger partial charge in [0.15, 0.2) is 5.96 Å². The molecule has 0 saturated carbocycles. The lowest BCUT2D eigenvalue weighted by molar-refractivity contribution is -0.157. The molecule has 11 heteroatoms. The second kappa shape index (κ2) is 12.5. The van der Waals surface area contributed by atoms with Crippen LogP contribution in [-0.4, -0.2) is 93.9 Å². The van der Waals surface area contributed by atoms with Gasteiger partial charge in [0, 0.05) is 39.8 Å². The quantitative estimate of drug-likeness (QED) is 0.315. The van der Waals surface area contributed by atoms with Crippen molar-refractivity contribution in [2.45, 2.75) is 13.1 Å². The molecule has 1 fully saturated rings. The van der Waals surface area contributed by atoms with Crippen LogP contribution >= 0.6 is 24.0 Å². The number of carbonyl (C=O) groups is 1. The lowest BCUT2D eigenvalue weighted by Crippen LogP contribution is -2.45. The molecule has 1 heterocycles. The maximum Gasteiger partial charge on any atom is 0.406 e. The van der Waals surface area contributed by atoms with E-state index >= 15 is 0 Å². The predicted octanol–water partition coefficient (Wildman–Crippen LogP) is 0.512. The third kappa shape index (κ3) is 11.4. The van der Waals surface area contributed by atoms with Crippen LogP contribution in [0.4, 0.5) is 13.2 Å². The number of aliphatic imine (C=N–C) groups is 1. The topological polar surface area (TPSA) is 69.2 Å². The maximum atomic E-state index is 12.3. The fourth-order valence-corrected chi connectivity index (χ4v) is 2.12. The standard InChI is InChI=1S/C14H26F3N5O2.HI/c1-3-18-13(19-4-5-22-6-8-24-9-7-22)20-10-12(23)21(2)11-14(15,16)17;/h3-11H2,1-2H3,(H2,18,19,20);1H. The molecule has 0 spiro atoms. The number of likely N-dealkylation sites (N-methyl/N-ethyl adjacent to an activating group) is 1. The van der Waals surface area contributed by atoms with Gasteiger partial charge < -0.3 is 20.3 Å². The number of rotatable bonds is 7. The van der Waals surface area contributed by atoms with Crippen LogP contribution in [0.25, 0.3) is 0 Å². The summed E-state index contributed by atoms with van der Waals surface area (Å²) in [6, 6.07) is 0. The van der Waals surface area contributed by atoms with Crippen LogP contribution in [0.15, 0.2) is 4.99 Å². The summed E-state index contributed by atoms with van der Waals surface area (Å²) < 4.78 is 42.1. The Hall–Kier alpha value is -0.820. The van der Waals surface area contributed by atoms with E-state index in [0.29, 0.717) is 37.2 Å². The Labute approximate surface area is 163 Å². The summed E-state index contributed by atoms with van der Waals surface area (Å²) in [5.41, 5.74) is 0. The van der Waals surface area contributed by atoms with Gasteiger partial charge in [-0.05, 0) is 6.92 Å². The minimum Gasteiger partial charge on any atom is -0.379 e. The maximum absolute atomic E-state index is 12.3. The van der Waals surface area contributed by atoms with E-state index in [1.807, 2.05) is 6.92 Å². The number of nitrogens with one attached hydrogen (secondary N) is 2. The summed E-state index contributed by atoms with van der Waals surface area (Å²) >= 11 is 0. The van der Waals surface area contributed by atoms with Crippen LogP contribution in [0.5, 0.6) is 0 Å². The molecule has 0 atom stereocenters.